The molecule has 0 atom stereocenters. The zero-order valence-corrected chi connectivity index (χ0v) is 17.9. The van der Waals surface area contributed by atoms with Gasteiger partial charge < -0.3 is 20.7 Å². The van der Waals surface area contributed by atoms with Crippen molar-refractivity contribution in [1.82, 2.24) is 0 Å². The van der Waals surface area contributed by atoms with Crippen molar-refractivity contribution in [3.05, 3.63) is 83.9 Å². The van der Waals surface area contributed by atoms with Gasteiger partial charge in [0.2, 0.25) is 0 Å². The van der Waals surface area contributed by atoms with Crippen LogP contribution >= 0.6 is 24.0 Å². The lowest BCUT2D eigenvalue weighted by Gasteiger charge is -2.12. The average Bonchev–Trinajstić information content (AvgIpc) is 3.19. The molecular weight excluding hydrogens is 479 g/mol. The Morgan fingerprint density at radius 2 is 1.62 bits per heavy atom. The number of fused-ring (bicyclic) bond motifs is 1. The summed E-state index contributed by atoms with van der Waals surface area (Å²) in [5, 5.41) is 16.9. The second-order valence-corrected chi connectivity index (χ2v) is 6.42. The molecule has 0 fully saturated rings. The summed E-state index contributed by atoms with van der Waals surface area (Å²) < 4.78 is 5.61. The molecule has 6 nitrogen and oxygen atoms in total. The maximum atomic E-state index is 12.4. The van der Waals surface area contributed by atoms with E-state index in [0.717, 1.165) is 23.4 Å². The van der Waals surface area contributed by atoms with Gasteiger partial charge in [0.25, 0.3) is 0 Å². The van der Waals surface area contributed by atoms with E-state index in [0.29, 0.717) is 23.5 Å². The first-order valence-electron chi connectivity index (χ1n) is 9.03. The number of ether oxygens (including phenoxy) is 1. The van der Waals surface area contributed by atoms with Crippen molar-refractivity contribution < 1.29 is 9.53 Å². The van der Waals surface area contributed by atoms with Crippen molar-refractivity contribution in [2.24, 2.45) is 0 Å². The van der Waals surface area contributed by atoms with Crippen LogP contribution in [0.15, 0.2) is 72.8 Å². The van der Waals surface area contributed by atoms with Gasteiger partial charge in [-0.25, -0.2) is 4.79 Å². The third kappa shape index (κ3) is 5.05. The first kappa shape index (κ1) is 20.7. The van der Waals surface area contributed by atoms with Gasteiger partial charge in [-0.1, -0.05) is 42.5 Å². The number of para-hydroxylation sites is 2. The molecule has 29 heavy (non-hydrogen) atoms. The SMILES string of the molecule is I.N=C(Nc1ccccc1)c1cccc(NC(=O)Nc2cccc3c2OCC3)c1. The van der Waals surface area contributed by atoms with Crippen LogP contribution < -0.4 is 20.7 Å². The zero-order valence-electron chi connectivity index (χ0n) is 15.6. The number of carbonyl (C=O) groups excluding carboxylic acids is 1. The summed E-state index contributed by atoms with van der Waals surface area (Å²) in [4.78, 5) is 12.4. The Kier molecular flexibility index (Phi) is 6.71. The highest BCUT2D eigenvalue weighted by molar-refractivity contribution is 14.0. The van der Waals surface area contributed by atoms with Crippen LogP contribution in [0, 0.1) is 5.41 Å². The van der Waals surface area contributed by atoms with E-state index in [4.69, 9.17) is 10.1 Å². The van der Waals surface area contributed by atoms with Crippen LogP contribution in [0.2, 0.25) is 0 Å². The summed E-state index contributed by atoms with van der Waals surface area (Å²) in [6, 6.07) is 22.0. The Balaban J connectivity index is 0.00000240. The minimum absolute atomic E-state index is 0. The number of nitrogens with one attached hydrogen (secondary N) is 4. The van der Waals surface area contributed by atoms with E-state index in [1.165, 1.54) is 0 Å². The highest BCUT2D eigenvalue weighted by Gasteiger charge is 2.17. The van der Waals surface area contributed by atoms with E-state index in [-0.39, 0.29) is 35.8 Å². The number of urea groups is 1. The minimum Gasteiger partial charge on any atom is -0.491 e. The monoisotopic (exact) mass is 500 g/mol. The summed E-state index contributed by atoms with van der Waals surface area (Å²) in [6.45, 7) is 0.633. The number of halogens is 1. The average molecular weight is 500 g/mol. The Bertz CT molecular complexity index is 1020. The van der Waals surface area contributed by atoms with Crippen LogP contribution in [-0.4, -0.2) is 18.5 Å². The minimum atomic E-state index is -0.358. The third-order valence-corrected chi connectivity index (χ3v) is 4.41. The molecule has 0 bridgehead atoms. The number of carbonyl (C=O) groups is 1. The van der Waals surface area contributed by atoms with Crippen LogP contribution in [0.5, 0.6) is 5.75 Å². The molecule has 0 saturated heterocycles. The van der Waals surface area contributed by atoms with E-state index < -0.39 is 0 Å². The maximum absolute atomic E-state index is 12.4. The van der Waals surface area contributed by atoms with Gasteiger partial charge in [0, 0.05) is 23.4 Å². The highest BCUT2D eigenvalue weighted by atomic mass is 127. The Labute approximate surface area is 186 Å². The molecule has 2 amide bonds. The Hall–Kier alpha value is -3.07. The van der Waals surface area contributed by atoms with Gasteiger partial charge in [0.1, 0.15) is 11.6 Å². The number of rotatable bonds is 4. The van der Waals surface area contributed by atoms with Crippen molar-refractivity contribution in [2.75, 3.05) is 22.6 Å². The molecular formula is C22H21IN4O2. The number of hydrogen-bond donors (Lipinski definition) is 4. The lowest BCUT2D eigenvalue weighted by atomic mass is 10.1. The number of benzene rings is 3. The van der Waals surface area contributed by atoms with Gasteiger partial charge in [-0.15, -0.1) is 24.0 Å². The van der Waals surface area contributed by atoms with Crippen molar-refractivity contribution in [2.45, 2.75) is 6.42 Å². The predicted molar refractivity (Wildman–Crippen MR) is 127 cm³/mol. The van der Waals surface area contributed by atoms with Gasteiger partial charge in [0.05, 0.1) is 12.3 Å². The fourth-order valence-corrected chi connectivity index (χ4v) is 3.09. The molecule has 3 aromatic rings. The summed E-state index contributed by atoms with van der Waals surface area (Å²) >= 11 is 0. The number of anilines is 3. The highest BCUT2D eigenvalue weighted by Crippen LogP contribution is 2.33. The largest absolute Gasteiger partial charge is 0.491 e. The molecule has 3 aromatic carbocycles. The van der Waals surface area contributed by atoms with Crippen molar-refractivity contribution in [3.63, 3.8) is 0 Å². The molecule has 1 aliphatic heterocycles. The molecule has 0 aliphatic carbocycles. The quantitative estimate of drug-likeness (QED) is 0.222. The molecule has 148 valence electrons. The predicted octanol–water partition coefficient (Wildman–Crippen LogP) is 5.32. The van der Waals surface area contributed by atoms with E-state index in [1.54, 1.807) is 18.2 Å². The maximum Gasteiger partial charge on any atom is 0.323 e. The smallest absolute Gasteiger partial charge is 0.323 e. The number of amidine groups is 1. The van der Waals surface area contributed by atoms with Gasteiger partial charge in [-0.2, -0.15) is 0 Å². The first-order valence-corrected chi connectivity index (χ1v) is 9.03. The second kappa shape index (κ2) is 9.42. The van der Waals surface area contributed by atoms with E-state index in [1.807, 2.05) is 54.6 Å². The second-order valence-electron chi connectivity index (χ2n) is 6.42. The van der Waals surface area contributed by atoms with Crippen LogP contribution in [0.1, 0.15) is 11.1 Å². The molecule has 0 spiro atoms. The summed E-state index contributed by atoms with van der Waals surface area (Å²) in [7, 11) is 0. The van der Waals surface area contributed by atoms with E-state index in [2.05, 4.69) is 16.0 Å². The van der Waals surface area contributed by atoms with Crippen molar-refractivity contribution in [3.8, 4) is 5.75 Å². The molecule has 0 radical (unpaired) electrons. The number of hydrogen-bond acceptors (Lipinski definition) is 3. The van der Waals surface area contributed by atoms with Crippen LogP contribution in [0.25, 0.3) is 0 Å². The molecule has 0 saturated carbocycles. The molecule has 7 heteroatoms. The van der Waals surface area contributed by atoms with Crippen LogP contribution in [-0.2, 0) is 6.42 Å². The van der Waals surface area contributed by atoms with Crippen LogP contribution in [0.3, 0.4) is 0 Å². The lowest BCUT2D eigenvalue weighted by Crippen LogP contribution is -2.20. The van der Waals surface area contributed by atoms with Crippen molar-refractivity contribution in [1.29, 1.82) is 5.41 Å². The zero-order chi connectivity index (χ0) is 19.3. The van der Waals surface area contributed by atoms with Crippen LogP contribution in [0.4, 0.5) is 21.9 Å². The molecule has 1 heterocycles. The summed E-state index contributed by atoms with van der Waals surface area (Å²) in [5.74, 6) is 0.991. The summed E-state index contributed by atoms with van der Waals surface area (Å²) in [6.07, 6.45) is 0.852. The molecule has 1 aliphatic rings. The normalized spacial score (nSPS) is 11.4. The van der Waals surface area contributed by atoms with E-state index >= 15 is 0 Å². The fraction of sp³-hybridized carbons (Fsp3) is 0.0909. The Morgan fingerprint density at radius 1 is 0.862 bits per heavy atom. The third-order valence-electron chi connectivity index (χ3n) is 4.41. The topological polar surface area (TPSA) is 86.2 Å². The standard InChI is InChI=1S/C22H20N4O2.HI/c23-21(24-17-8-2-1-3-9-17)16-7-4-10-18(14-16)25-22(27)26-19-11-5-6-15-12-13-28-20(15)19;/h1-11,14H,12-13H2,(H2,23,24)(H2,25,26,27);1H. The summed E-state index contributed by atoms with van der Waals surface area (Å²) in [5.41, 5.74) is 3.86. The van der Waals surface area contributed by atoms with Gasteiger partial charge in [-0.3, -0.25) is 5.41 Å². The van der Waals surface area contributed by atoms with Gasteiger partial charge in [-0.05, 0) is 35.9 Å². The lowest BCUT2D eigenvalue weighted by molar-refractivity contribution is 0.262. The molecule has 0 aromatic heterocycles. The Morgan fingerprint density at radius 3 is 2.45 bits per heavy atom. The molecule has 0 unspecified atom stereocenters. The fourth-order valence-electron chi connectivity index (χ4n) is 3.09. The molecule has 4 N–H and O–H groups in total. The van der Waals surface area contributed by atoms with Gasteiger partial charge in [0.15, 0.2) is 0 Å². The number of amides is 2. The van der Waals surface area contributed by atoms with Crippen molar-refractivity contribution >= 4 is 52.9 Å². The first-order chi connectivity index (χ1) is 13.7. The molecule has 4 rings (SSSR count). The van der Waals surface area contributed by atoms with Gasteiger partial charge >= 0.3 is 6.03 Å². The van der Waals surface area contributed by atoms with E-state index in [9.17, 15) is 4.79 Å².